The minimum atomic E-state index is 0.281. The highest BCUT2D eigenvalue weighted by Crippen LogP contribution is 2.30. The largest absolute Gasteiger partial charge is 0.376 e. The maximum absolute atomic E-state index is 6.20. The minimum absolute atomic E-state index is 0.281. The highest BCUT2D eigenvalue weighted by molar-refractivity contribution is 6.30. The number of nitrogens with one attached hydrogen (secondary N) is 1. The molecule has 3 rings (SSSR count). The monoisotopic (exact) mass is 294 g/mol. The SMILES string of the molecule is CC1OCCC1N(C)c1cc(Cl)ccc1CNC1CC1. The third-order valence-corrected chi connectivity index (χ3v) is 4.65. The quantitative estimate of drug-likeness (QED) is 0.902. The molecule has 3 nitrogen and oxygen atoms in total. The maximum Gasteiger partial charge on any atom is 0.0750 e. The summed E-state index contributed by atoms with van der Waals surface area (Å²) in [5.74, 6) is 0. The summed E-state index contributed by atoms with van der Waals surface area (Å²) in [5.41, 5.74) is 2.55. The lowest BCUT2D eigenvalue weighted by Crippen LogP contribution is -2.37. The first-order valence-corrected chi connectivity index (χ1v) is 7.89. The smallest absolute Gasteiger partial charge is 0.0750 e. The van der Waals surface area contributed by atoms with Gasteiger partial charge >= 0.3 is 0 Å². The Morgan fingerprint density at radius 1 is 1.35 bits per heavy atom. The van der Waals surface area contributed by atoms with Crippen LogP contribution in [0.25, 0.3) is 0 Å². The van der Waals surface area contributed by atoms with Gasteiger partial charge in [-0.1, -0.05) is 17.7 Å². The molecular weight excluding hydrogens is 272 g/mol. The molecule has 0 radical (unpaired) electrons. The van der Waals surface area contributed by atoms with Crippen LogP contribution in [0.4, 0.5) is 5.69 Å². The lowest BCUT2D eigenvalue weighted by Gasteiger charge is -2.31. The number of rotatable bonds is 5. The average molecular weight is 295 g/mol. The molecule has 2 unspecified atom stereocenters. The molecule has 110 valence electrons. The number of hydrogen-bond acceptors (Lipinski definition) is 3. The van der Waals surface area contributed by atoms with Gasteiger partial charge in [0.15, 0.2) is 0 Å². The summed E-state index contributed by atoms with van der Waals surface area (Å²) in [6.45, 7) is 3.93. The number of halogens is 1. The zero-order valence-corrected chi connectivity index (χ0v) is 13.0. The van der Waals surface area contributed by atoms with Crippen LogP contribution < -0.4 is 10.2 Å². The molecule has 1 N–H and O–H groups in total. The van der Waals surface area contributed by atoms with E-state index < -0.39 is 0 Å². The molecule has 0 spiro atoms. The van der Waals surface area contributed by atoms with E-state index in [0.29, 0.717) is 6.04 Å². The fraction of sp³-hybridized carbons (Fsp3) is 0.625. The van der Waals surface area contributed by atoms with Crippen molar-refractivity contribution < 1.29 is 4.74 Å². The number of hydrogen-bond donors (Lipinski definition) is 1. The Kier molecular flexibility index (Phi) is 4.20. The molecule has 1 saturated carbocycles. The van der Waals surface area contributed by atoms with Gasteiger partial charge in [0.1, 0.15) is 0 Å². The van der Waals surface area contributed by atoms with Crippen molar-refractivity contribution in [2.24, 2.45) is 0 Å². The van der Waals surface area contributed by atoms with E-state index in [-0.39, 0.29) is 6.10 Å². The lowest BCUT2D eigenvalue weighted by atomic mass is 10.1. The molecule has 0 aromatic heterocycles. The van der Waals surface area contributed by atoms with E-state index in [9.17, 15) is 0 Å². The van der Waals surface area contributed by atoms with E-state index in [1.54, 1.807) is 0 Å². The fourth-order valence-electron chi connectivity index (χ4n) is 2.96. The van der Waals surface area contributed by atoms with Crippen LogP contribution in [0, 0.1) is 0 Å². The van der Waals surface area contributed by atoms with Crippen LogP contribution in [0.15, 0.2) is 18.2 Å². The molecular formula is C16H23ClN2O. The van der Waals surface area contributed by atoms with Gasteiger partial charge < -0.3 is 15.0 Å². The third kappa shape index (κ3) is 3.11. The van der Waals surface area contributed by atoms with E-state index in [2.05, 4.69) is 36.3 Å². The van der Waals surface area contributed by atoms with Gasteiger partial charge in [0.25, 0.3) is 0 Å². The van der Waals surface area contributed by atoms with Crippen LogP contribution in [-0.2, 0) is 11.3 Å². The van der Waals surface area contributed by atoms with Crippen molar-refractivity contribution in [1.29, 1.82) is 0 Å². The summed E-state index contributed by atoms with van der Waals surface area (Å²) in [5, 5.41) is 4.39. The van der Waals surface area contributed by atoms with Gasteiger partial charge in [0, 0.05) is 37.0 Å². The highest BCUT2D eigenvalue weighted by atomic mass is 35.5. The highest BCUT2D eigenvalue weighted by Gasteiger charge is 2.29. The van der Waals surface area contributed by atoms with Crippen LogP contribution in [0.3, 0.4) is 0 Å². The minimum Gasteiger partial charge on any atom is -0.376 e. The van der Waals surface area contributed by atoms with Gasteiger partial charge in [0.05, 0.1) is 12.1 Å². The van der Waals surface area contributed by atoms with E-state index in [4.69, 9.17) is 16.3 Å². The summed E-state index contributed by atoms with van der Waals surface area (Å²) >= 11 is 6.20. The second-order valence-electron chi connectivity index (χ2n) is 5.97. The van der Waals surface area contributed by atoms with Crippen molar-refractivity contribution in [3.05, 3.63) is 28.8 Å². The molecule has 2 aliphatic rings. The lowest BCUT2D eigenvalue weighted by molar-refractivity contribution is 0.118. The van der Waals surface area contributed by atoms with Gasteiger partial charge in [-0.3, -0.25) is 0 Å². The molecule has 1 saturated heterocycles. The van der Waals surface area contributed by atoms with Crippen molar-refractivity contribution in [3.63, 3.8) is 0 Å². The average Bonchev–Trinajstić information content (AvgIpc) is 3.17. The van der Waals surface area contributed by atoms with Gasteiger partial charge in [-0.15, -0.1) is 0 Å². The standard InChI is InChI=1S/C16H23ClN2O/c1-11-15(7-8-20-11)19(2)16-9-13(17)4-3-12(16)10-18-14-5-6-14/h3-4,9,11,14-15,18H,5-8,10H2,1-2H3. The van der Waals surface area contributed by atoms with E-state index in [0.717, 1.165) is 30.6 Å². The van der Waals surface area contributed by atoms with E-state index in [1.807, 2.05) is 6.07 Å². The van der Waals surface area contributed by atoms with Crippen molar-refractivity contribution >= 4 is 17.3 Å². The number of ether oxygens (including phenoxy) is 1. The Morgan fingerprint density at radius 3 is 2.80 bits per heavy atom. The predicted octanol–water partition coefficient (Wildman–Crippen LogP) is 3.21. The molecule has 0 amide bonds. The van der Waals surface area contributed by atoms with Crippen LogP contribution in [0.1, 0.15) is 31.7 Å². The first-order valence-electron chi connectivity index (χ1n) is 7.51. The molecule has 2 fully saturated rings. The zero-order chi connectivity index (χ0) is 14.1. The van der Waals surface area contributed by atoms with Crippen molar-refractivity contribution in [1.82, 2.24) is 5.32 Å². The van der Waals surface area contributed by atoms with Gasteiger partial charge in [-0.2, -0.15) is 0 Å². The van der Waals surface area contributed by atoms with E-state index in [1.165, 1.54) is 24.1 Å². The van der Waals surface area contributed by atoms with Gasteiger partial charge in [-0.05, 0) is 43.9 Å². The number of anilines is 1. The molecule has 2 atom stereocenters. The molecule has 4 heteroatoms. The Morgan fingerprint density at radius 2 is 2.15 bits per heavy atom. The third-order valence-electron chi connectivity index (χ3n) is 4.42. The van der Waals surface area contributed by atoms with Gasteiger partial charge in [0.2, 0.25) is 0 Å². The number of likely N-dealkylation sites (N-methyl/N-ethyl adjacent to an activating group) is 1. The summed E-state index contributed by atoms with van der Waals surface area (Å²) < 4.78 is 5.70. The Hall–Kier alpha value is -0.770. The topological polar surface area (TPSA) is 24.5 Å². The normalized spacial score (nSPS) is 25.9. The van der Waals surface area contributed by atoms with Gasteiger partial charge in [-0.25, -0.2) is 0 Å². The predicted molar refractivity (Wildman–Crippen MR) is 83.5 cm³/mol. The summed E-state index contributed by atoms with van der Waals surface area (Å²) in [7, 11) is 2.15. The molecule has 1 aliphatic heterocycles. The molecule has 1 aliphatic carbocycles. The van der Waals surface area contributed by atoms with Crippen molar-refractivity contribution in [2.45, 2.75) is 50.9 Å². The first kappa shape index (κ1) is 14.2. The van der Waals surface area contributed by atoms with Crippen molar-refractivity contribution in [2.75, 3.05) is 18.6 Å². The van der Waals surface area contributed by atoms with Crippen LogP contribution in [0.2, 0.25) is 5.02 Å². The van der Waals surface area contributed by atoms with Crippen molar-refractivity contribution in [3.8, 4) is 0 Å². The summed E-state index contributed by atoms with van der Waals surface area (Å²) in [6.07, 6.45) is 3.99. The molecule has 0 bridgehead atoms. The molecule has 20 heavy (non-hydrogen) atoms. The first-order chi connectivity index (χ1) is 9.65. The Balaban J connectivity index is 1.79. The summed E-state index contributed by atoms with van der Waals surface area (Å²) in [6, 6.07) is 7.36. The summed E-state index contributed by atoms with van der Waals surface area (Å²) in [4.78, 5) is 2.34. The van der Waals surface area contributed by atoms with Crippen LogP contribution in [0.5, 0.6) is 0 Å². The second kappa shape index (κ2) is 5.92. The van der Waals surface area contributed by atoms with Crippen LogP contribution in [-0.4, -0.2) is 31.8 Å². The maximum atomic E-state index is 6.20. The number of benzene rings is 1. The fourth-order valence-corrected chi connectivity index (χ4v) is 3.13. The molecule has 1 aromatic rings. The Bertz CT molecular complexity index is 476. The molecule has 1 heterocycles. The molecule has 1 aromatic carbocycles. The van der Waals surface area contributed by atoms with E-state index >= 15 is 0 Å². The number of nitrogens with zero attached hydrogens (tertiary/aromatic N) is 1. The van der Waals surface area contributed by atoms with Crippen LogP contribution >= 0.6 is 11.6 Å². The zero-order valence-electron chi connectivity index (χ0n) is 12.2. The second-order valence-corrected chi connectivity index (χ2v) is 6.41. The Labute approximate surface area is 126 Å².